The van der Waals surface area contributed by atoms with Crippen LogP contribution in [0.3, 0.4) is 0 Å². The highest BCUT2D eigenvalue weighted by atomic mass is 35.7. The quantitative estimate of drug-likeness (QED) is 0.628. The van der Waals surface area contributed by atoms with Crippen molar-refractivity contribution >= 4 is 42.4 Å². The molecule has 0 aliphatic carbocycles. The van der Waals surface area contributed by atoms with Crippen molar-refractivity contribution in [3.05, 3.63) is 17.2 Å². The van der Waals surface area contributed by atoms with Crippen LogP contribution in [-0.2, 0) is 22.5 Å². The normalized spacial score (nSPS) is 12.2. The van der Waals surface area contributed by atoms with E-state index in [0.717, 1.165) is 0 Å². The molecule has 0 aromatic carbocycles. The number of fused-ring (bicyclic) bond motifs is 1. The van der Waals surface area contributed by atoms with Crippen LogP contribution in [0.25, 0.3) is 11.0 Å². The Hall–Kier alpha value is -0.850. The van der Waals surface area contributed by atoms with Gasteiger partial charge in [0, 0.05) is 30.3 Å². The van der Waals surface area contributed by atoms with Gasteiger partial charge >= 0.3 is 0 Å². The molecule has 0 fully saturated rings. The summed E-state index contributed by atoms with van der Waals surface area (Å²) in [5.74, 6) is 0.558. The smallest absolute Gasteiger partial charge is 0.263 e. The van der Waals surface area contributed by atoms with Crippen LogP contribution in [0.4, 0.5) is 0 Å². The van der Waals surface area contributed by atoms with Gasteiger partial charge in [-0.05, 0) is 0 Å². The molecule has 0 amide bonds. The lowest BCUT2D eigenvalue weighted by molar-refractivity contribution is 0.610. The maximum Gasteiger partial charge on any atom is 0.263 e. The fourth-order valence-corrected chi connectivity index (χ4v) is 2.98. The zero-order chi connectivity index (χ0) is 12.8. The first-order valence-corrected chi connectivity index (χ1v) is 7.49. The minimum Gasteiger partial charge on any atom is -0.334 e. The third-order valence-corrected chi connectivity index (χ3v) is 3.97. The lowest BCUT2D eigenvalue weighted by Crippen LogP contribution is -1.97. The van der Waals surface area contributed by atoms with E-state index in [-0.39, 0.29) is 15.4 Å². The molecule has 0 saturated carbocycles. The lowest BCUT2D eigenvalue weighted by atomic mass is 10.4. The number of hydrogen-bond acceptors (Lipinski definition) is 4. The van der Waals surface area contributed by atoms with E-state index in [2.05, 4.69) is 9.97 Å². The van der Waals surface area contributed by atoms with Gasteiger partial charge in [-0.2, -0.15) is 0 Å². The average Bonchev–Trinajstić information content (AvgIpc) is 2.56. The van der Waals surface area contributed by atoms with Gasteiger partial charge in [0.2, 0.25) is 0 Å². The summed E-state index contributed by atoms with van der Waals surface area (Å²) in [4.78, 5) is 8.19. The van der Waals surface area contributed by atoms with Crippen LogP contribution in [0.15, 0.2) is 11.1 Å². The van der Waals surface area contributed by atoms with Gasteiger partial charge in [0.15, 0.2) is 0 Å². The molecule has 92 valence electrons. The number of nitrogens with zero attached hydrogens (tertiary/aromatic N) is 3. The largest absolute Gasteiger partial charge is 0.334 e. The highest BCUT2D eigenvalue weighted by Crippen LogP contribution is 2.31. The first kappa shape index (κ1) is 12.6. The van der Waals surface area contributed by atoms with E-state index in [1.807, 2.05) is 6.92 Å². The van der Waals surface area contributed by atoms with Crippen molar-refractivity contribution in [1.29, 1.82) is 0 Å². The van der Waals surface area contributed by atoms with Crippen molar-refractivity contribution in [2.75, 3.05) is 0 Å². The standard InChI is InChI=1S/C9H9Cl2N3O2S/c1-3-6-12-8(10)7-5(17(11,15)16)4-14(2)9(7)13-6/h4H,3H2,1-2H3. The number of rotatable bonds is 2. The van der Waals surface area contributed by atoms with Crippen molar-refractivity contribution in [3.8, 4) is 0 Å². The zero-order valence-corrected chi connectivity index (χ0v) is 11.4. The van der Waals surface area contributed by atoms with Gasteiger partial charge in [-0.15, -0.1) is 0 Å². The summed E-state index contributed by atoms with van der Waals surface area (Å²) >= 11 is 5.98. The van der Waals surface area contributed by atoms with Crippen molar-refractivity contribution < 1.29 is 8.42 Å². The molecule has 0 radical (unpaired) electrons. The molecule has 0 bridgehead atoms. The first-order valence-electron chi connectivity index (χ1n) is 4.80. The summed E-state index contributed by atoms with van der Waals surface area (Å²) in [5.41, 5.74) is 0.459. The van der Waals surface area contributed by atoms with Crippen LogP contribution in [0.1, 0.15) is 12.7 Å². The maximum absolute atomic E-state index is 11.4. The molecular formula is C9H9Cl2N3O2S. The molecule has 2 aromatic rings. The summed E-state index contributed by atoms with van der Waals surface area (Å²) in [5, 5.41) is 0.369. The van der Waals surface area contributed by atoms with Crippen LogP contribution in [0.2, 0.25) is 5.15 Å². The lowest BCUT2D eigenvalue weighted by Gasteiger charge is -2.00. The molecule has 0 unspecified atom stereocenters. The van der Waals surface area contributed by atoms with Gasteiger partial charge in [-0.25, -0.2) is 18.4 Å². The number of halogens is 2. The van der Waals surface area contributed by atoms with Crippen molar-refractivity contribution in [1.82, 2.24) is 14.5 Å². The van der Waals surface area contributed by atoms with Crippen molar-refractivity contribution in [3.63, 3.8) is 0 Å². The average molecular weight is 294 g/mol. The molecule has 0 aliphatic rings. The number of aryl methyl sites for hydroxylation is 2. The molecule has 0 spiro atoms. The fraction of sp³-hybridized carbons (Fsp3) is 0.333. The first-order chi connectivity index (χ1) is 7.84. The molecule has 5 nitrogen and oxygen atoms in total. The third-order valence-electron chi connectivity index (χ3n) is 2.36. The Morgan fingerprint density at radius 3 is 2.59 bits per heavy atom. The molecule has 17 heavy (non-hydrogen) atoms. The second-order valence-corrected chi connectivity index (χ2v) is 6.42. The Balaban J connectivity index is 2.93. The van der Waals surface area contributed by atoms with Crippen molar-refractivity contribution in [2.24, 2.45) is 7.05 Å². The SMILES string of the molecule is CCc1nc(Cl)c2c(S(=O)(=O)Cl)cn(C)c2n1. The fourth-order valence-electron chi connectivity index (χ4n) is 1.58. The minimum atomic E-state index is -3.86. The molecule has 2 rings (SSSR count). The zero-order valence-electron chi connectivity index (χ0n) is 9.11. The molecule has 2 aromatic heterocycles. The summed E-state index contributed by atoms with van der Waals surface area (Å²) in [7, 11) is 3.15. The second-order valence-electron chi connectivity index (χ2n) is 3.52. The molecule has 0 aliphatic heterocycles. The van der Waals surface area contributed by atoms with Gasteiger partial charge in [0.1, 0.15) is 21.5 Å². The Kier molecular flexibility index (Phi) is 3.05. The third kappa shape index (κ3) is 2.12. The van der Waals surface area contributed by atoms with E-state index in [9.17, 15) is 8.42 Å². The van der Waals surface area contributed by atoms with E-state index < -0.39 is 9.05 Å². The van der Waals surface area contributed by atoms with Gasteiger partial charge in [-0.3, -0.25) is 0 Å². The monoisotopic (exact) mass is 293 g/mol. The molecule has 0 atom stereocenters. The van der Waals surface area contributed by atoms with Crippen LogP contribution in [0.5, 0.6) is 0 Å². The van der Waals surface area contributed by atoms with E-state index in [4.69, 9.17) is 22.3 Å². The maximum atomic E-state index is 11.4. The molecular weight excluding hydrogens is 285 g/mol. The summed E-state index contributed by atoms with van der Waals surface area (Å²) in [6.45, 7) is 1.89. The second kappa shape index (κ2) is 4.12. The van der Waals surface area contributed by atoms with Crippen LogP contribution >= 0.6 is 22.3 Å². The van der Waals surface area contributed by atoms with Gasteiger partial charge in [0.25, 0.3) is 9.05 Å². The summed E-state index contributed by atoms with van der Waals surface area (Å²) in [6.07, 6.45) is 2.00. The van der Waals surface area contributed by atoms with Gasteiger partial charge < -0.3 is 4.57 Å². The Bertz CT molecular complexity index is 694. The Labute approximate surface area is 108 Å². The Morgan fingerprint density at radius 2 is 2.06 bits per heavy atom. The minimum absolute atomic E-state index is 0.0654. The molecule has 0 N–H and O–H groups in total. The van der Waals surface area contributed by atoms with Crippen LogP contribution in [0, 0.1) is 0 Å². The summed E-state index contributed by atoms with van der Waals surface area (Å²) in [6, 6.07) is 0. The van der Waals surface area contributed by atoms with Crippen LogP contribution in [-0.4, -0.2) is 23.0 Å². The van der Waals surface area contributed by atoms with Crippen molar-refractivity contribution in [2.45, 2.75) is 18.2 Å². The highest BCUT2D eigenvalue weighted by Gasteiger charge is 2.22. The summed E-state index contributed by atoms with van der Waals surface area (Å²) < 4.78 is 24.4. The van der Waals surface area contributed by atoms with Gasteiger partial charge in [0.05, 0.1) is 5.39 Å². The molecule has 8 heteroatoms. The predicted octanol–water partition coefficient (Wildman–Crippen LogP) is 2.11. The topological polar surface area (TPSA) is 64.8 Å². The predicted molar refractivity (Wildman–Crippen MR) is 65.9 cm³/mol. The van der Waals surface area contributed by atoms with E-state index in [0.29, 0.717) is 17.9 Å². The van der Waals surface area contributed by atoms with E-state index in [1.54, 1.807) is 11.6 Å². The van der Waals surface area contributed by atoms with Crippen LogP contribution < -0.4 is 0 Å². The molecule has 2 heterocycles. The number of aromatic nitrogens is 3. The highest BCUT2D eigenvalue weighted by molar-refractivity contribution is 8.14. The van der Waals surface area contributed by atoms with Gasteiger partial charge in [-0.1, -0.05) is 18.5 Å². The Morgan fingerprint density at radius 1 is 1.41 bits per heavy atom. The number of hydrogen-bond donors (Lipinski definition) is 0. The van der Waals surface area contributed by atoms with E-state index in [1.165, 1.54) is 6.20 Å². The van der Waals surface area contributed by atoms with E-state index >= 15 is 0 Å². The molecule has 0 saturated heterocycles.